The van der Waals surface area contributed by atoms with Gasteiger partial charge in [-0.25, -0.2) is 22.3 Å². The molecule has 1 aliphatic rings. The van der Waals surface area contributed by atoms with Crippen molar-refractivity contribution in [1.29, 1.82) is 0 Å². The molecule has 0 aliphatic carbocycles. The normalized spacial score (nSPS) is 23.0. The molecular formula is C14H20N2O7S2. The lowest BCUT2D eigenvalue weighted by Crippen LogP contribution is -2.66. The van der Waals surface area contributed by atoms with Crippen molar-refractivity contribution >= 4 is 25.8 Å². The maximum Gasteiger partial charge on any atom is 0.263 e. The van der Waals surface area contributed by atoms with Gasteiger partial charge in [-0.1, -0.05) is 0 Å². The van der Waals surface area contributed by atoms with Crippen molar-refractivity contribution in [3.05, 3.63) is 24.3 Å². The van der Waals surface area contributed by atoms with Crippen LogP contribution in [0.4, 0.5) is 0 Å². The molecule has 25 heavy (non-hydrogen) atoms. The second-order valence-electron chi connectivity index (χ2n) is 6.09. The molecule has 0 radical (unpaired) electrons. The maximum atomic E-state index is 12.9. The summed E-state index contributed by atoms with van der Waals surface area (Å²) < 4.78 is 54.6. The Kier molecular flexibility index (Phi) is 5.15. The minimum absolute atomic E-state index is 0.112. The monoisotopic (exact) mass is 392 g/mol. The lowest BCUT2D eigenvalue weighted by atomic mass is 10.0. The van der Waals surface area contributed by atoms with Crippen molar-refractivity contribution in [2.24, 2.45) is 0 Å². The number of carbonyl (C=O) groups is 1. The molecule has 2 rings (SSSR count). The lowest BCUT2D eigenvalue weighted by Gasteiger charge is -2.43. The topological polar surface area (TPSA) is 130 Å². The summed E-state index contributed by atoms with van der Waals surface area (Å²) in [6.45, 7) is 2.13. The Morgan fingerprint density at radius 2 is 1.88 bits per heavy atom. The molecule has 1 aromatic carbocycles. The number of amides is 1. The van der Waals surface area contributed by atoms with E-state index in [1.165, 1.54) is 50.7 Å². The number of nitrogens with one attached hydrogen (secondary N) is 1. The summed E-state index contributed by atoms with van der Waals surface area (Å²) in [7, 11) is -6.49. The molecule has 1 amide bonds. The van der Waals surface area contributed by atoms with Gasteiger partial charge in [-0.05, 0) is 38.1 Å². The Balaban J connectivity index is 2.55. The molecule has 140 valence electrons. The van der Waals surface area contributed by atoms with Crippen molar-refractivity contribution in [3.8, 4) is 5.75 Å². The molecule has 0 aromatic heterocycles. The predicted molar refractivity (Wildman–Crippen MR) is 88.5 cm³/mol. The number of sulfone groups is 1. The van der Waals surface area contributed by atoms with E-state index in [1.807, 2.05) is 0 Å². The van der Waals surface area contributed by atoms with E-state index in [1.54, 1.807) is 0 Å². The number of hydroxylamine groups is 1. The number of hydrogen-bond donors (Lipinski definition) is 2. The Bertz CT molecular complexity index is 861. The van der Waals surface area contributed by atoms with Crippen molar-refractivity contribution in [2.75, 3.05) is 19.4 Å². The van der Waals surface area contributed by atoms with E-state index in [2.05, 4.69) is 0 Å². The number of hydrogen-bond acceptors (Lipinski definition) is 7. The van der Waals surface area contributed by atoms with Gasteiger partial charge in [0.15, 0.2) is 9.84 Å². The van der Waals surface area contributed by atoms with Crippen LogP contribution in [0.5, 0.6) is 5.75 Å². The van der Waals surface area contributed by atoms with Gasteiger partial charge in [-0.2, -0.15) is 4.31 Å². The molecule has 1 heterocycles. The van der Waals surface area contributed by atoms with E-state index in [9.17, 15) is 21.6 Å². The van der Waals surface area contributed by atoms with Crippen LogP contribution in [0, 0.1) is 0 Å². The van der Waals surface area contributed by atoms with Crippen LogP contribution >= 0.6 is 0 Å². The number of sulfonamides is 1. The van der Waals surface area contributed by atoms with Crippen LogP contribution in [0.2, 0.25) is 0 Å². The van der Waals surface area contributed by atoms with Crippen molar-refractivity contribution in [1.82, 2.24) is 9.79 Å². The molecule has 2 N–H and O–H groups in total. The van der Waals surface area contributed by atoms with Gasteiger partial charge >= 0.3 is 0 Å². The van der Waals surface area contributed by atoms with E-state index in [4.69, 9.17) is 9.94 Å². The fourth-order valence-corrected chi connectivity index (χ4v) is 6.21. The lowest BCUT2D eigenvalue weighted by molar-refractivity contribution is -0.134. The molecule has 11 heteroatoms. The molecule has 1 aromatic rings. The molecule has 0 unspecified atom stereocenters. The number of carbonyl (C=O) groups excluding carboxylic acids is 1. The van der Waals surface area contributed by atoms with Crippen LogP contribution < -0.4 is 10.2 Å². The summed E-state index contributed by atoms with van der Waals surface area (Å²) in [6, 6.07) is 3.89. The van der Waals surface area contributed by atoms with E-state index < -0.39 is 48.9 Å². The van der Waals surface area contributed by atoms with Crippen LogP contribution in [-0.4, -0.2) is 62.5 Å². The molecule has 1 aliphatic heterocycles. The molecule has 1 saturated heterocycles. The summed E-state index contributed by atoms with van der Waals surface area (Å²) in [5.74, 6) is -1.08. The standard InChI is InChI=1S/C14H20N2O7S2/c1-14(2)12(13(17)15-18)16(8-9-24(14,19)20)25(21,22)11-6-4-10(23-3)5-7-11/h4-7,12,18H,8-9H2,1-3H3,(H,15,17)/t12-/m0/s1. The summed E-state index contributed by atoms with van der Waals surface area (Å²) in [6.07, 6.45) is 0. The highest BCUT2D eigenvalue weighted by Crippen LogP contribution is 2.34. The highest BCUT2D eigenvalue weighted by molar-refractivity contribution is 7.93. The van der Waals surface area contributed by atoms with Crippen molar-refractivity contribution < 1.29 is 31.6 Å². The molecule has 0 spiro atoms. The van der Waals surface area contributed by atoms with Crippen LogP contribution in [0.25, 0.3) is 0 Å². The van der Waals surface area contributed by atoms with E-state index >= 15 is 0 Å². The quantitative estimate of drug-likeness (QED) is 0.534. The zero-order chi connectivity index (χ0) is 19.0. The van der Waals surface area contributed by atoms with Gasteiger partial charge in [0.05, 0.1) is 22.5 Å². The molecule has 0 bridgehead atoms. The number of methoxy groups -OCH3 is 1. The smallest absolute Gasteiger partial charge is 0.263 e. The second-order valence-corrected chi connectivity index (χ2v) is 10.7. The minimum atomic E-state index is -4.17. The number of nitrogens with zero attached hydrogens (tertiary/aromatic N) is 1. The highest BCUT2D eigenvalue weighted by atomic mass is 32.2. The fraction of sp³-hybridized carbons (Fsp3) is 0.500. The van der Waals surface area contributed by atoms with Gasteiger partial charge < -0.3 is 4.74 Å². The first-order chi connectivity index (χ1) is 11.5. The fourth-order valence-electron chi connectivity index (χ4n) is 2.77. The Morgan fingerprint density at radius 1 is 1.32 bits per heavy atom. The SMILES string of the molecule is COc1ccc(S(=O)(=O)N2CCS(=O)(=O)C(C)(C)[C@@H]2C(=O)NO)cc1. The third kappa shape index (κ3) is 3.24. The van der Waals surface area contributed by atoms with E-state index in [0.29, 0.717) is 5.75 Å². The first kappa shape index (κ1) is 19.6. The van der Waals surface area contributed by atoms with Gasteiger partial charge in [0.25, 0.3) is 5.91 Å². The van der Waals surface area contributed by atoms with Gasteiger partial charge in [-0.15, -0.1) is 0 Å². The summed E-state index contributed by atoms with van der Waals surface area (Å²) in [4.78, 5) is 12.0. The number of ether oxygens (including phenoxy) is 1. The second kappa shape index (κ2) is 6.56. The molecule has 9 nitrogen and oxygen atoms in total. The van der Waals surface area contributed by atoms with Crippen LogP contribution in [-0.2, 0) is 24.7 Å². The number of rotatable bonds is 4. The molecule has 1 atom stereocenters. The minimum Gasteiger partial charge on any atom is -0.497 e. The summed E-state index contributed by atoms with van der Waals surface area (Å²) in [5.41, 5.74) is 1.37. The highest BCUT2D eigenvalue weighted by Gasteiger charge is 2.55. The first-order valence-corrected chi connectivity index (χ1v) is 10.4. The average Bonchev–Trinajstić information content (AvgIpc) is 2.56. The van der Waals surface area contributed by atoms with Gasteiger partial charge in [-0.3, -0.25) is 10.0 Å². The Labute approximate surface area is 146 Å². The maximum absolute atomic E-state index is 12.9. The average molecular weight is 392 g/mol. The molecule has 0 saturated carbocycles. The molecular weight excluding hydrogens is 372 g/mol. The summed E-state index contributed by atoms with van der Waals surface area (Å²) >= 11 is 0. The van der Waals surface area contributed by atoms with Gasteiger partial charge in [0.2, 0.25) is 10.0 Å². The number of benzene rings is 1. The predicted octanol–water partition coefficient (Wildman–Crippen LogP) is -0.233. The van der Waals surface area contributed by atoms with Crippen LogP contribution in [0.1, 0.15) is 13.8 Å². The Hall–Kier alpha value is -1.69. The van der Waals surface area contributed by atoms with Crippen LogP contribution in [0.3, 0.4) is 0 Å². The zero-order valence-corrected chi connectivity index (χ0v) is 15.6. The zero-order valence-electron chi connectivity index (χ0n) is 14.0. The van der Waals surface area contributed by atoms with Crippen molar-refractivity contribution in [3.63, 3.8) is 0 Å². The van der Waals surface area contributed by atoms with Crippen molar-refractivity contribution in [2.45, 2.75) is 29.5 Å². The summed E-state index contributed by atoms with van der Waals surface area (Å²) in [5, 5.41) is 8.98. The Morgan fingerprint density at radius 3 is 2.36 bits per heavy atom. The van der Waals surface area contributed by atoms with E-state index in [0.717, 1.165) is 4.31 Å². The molecule has 1 fully saturated rings. The third-order valence-corrected chi connectivity index (χ3v) is 8.78. The van der Waals surface area contributed by atoms with Crippen LogP contribution in [0.15, 0.2) is 29.2 Å². The van der Waals surface area contributed by atoms with Gasteiger partial charge in [0, 0.05) is 6.54 Å². The van der Waals surface area contributed by atoms with Gasteiger partial charge in [0.1, 0.15) is 11.8 Å². The van der Waals surface area contributed by atoms with E-state index in [-0.39, 0.29) is 4.90 Å². The third-order valence-electron chi connectivity index (χ3n) is 4.35. The largest absolute Gasteiger partial charge is 0.497 e. The first-order valence-electron chi connectivity index (χ1n) is 7.31.